The minimum absolute atomic E-state index is 0.00321. The normalized spacial score (nSPS) is 16.9. The van der Waals surface area contributed by atoms with E-state index < -0.39 is 15.9 Å². The zero-order chi connectivity index (χ0) is 24.1. The number of hydrogen-bond acceptors (Lipinski definition) is 7. The second-order valence-electron chi connectivity index (χ2n) is 8.18. The number of benzene rings is 2. The summed E-state index contributed by atoms with van der Waals surface area (Å²) in [4.78, 5) is 14.0. The Hall–Kier alpha value is -2.69. The topological polar surface area (TPSA) is 105 Å². The molecule has 1 saturated heterocycles. The minimum atomic E-state index is -3.60. The maximum Gasteiger partial charge on any atom is 0.322 e. The maximum absolute atomic E-state index is 13.1. The van der Waals surface area contributed by atoms with Crippen LogP contribution in [0.15, 0.2) is 62.7 Å². The summed E-state index contributed by atoms with van der Waals surface area (Å²) in [6.45, 7) is 2.54. The number of amides is 1. The van der Waals surface area contributed by atoms with Crippen molar-refractivity contribution in [2.75, 3.05) is 18.1 Å². The largest absolute Gasteiger partial charge is 0.407 e. The van der Waals surface area contributed by atoms with E-state index in [9.17, 15) is 13.2 Å². The highest BCUT2D eigenvalue weighted by Crippen LogP contribution is 2.27. The fraction of sp³-hybridized carbons (Fsp3) is 0.375. The molecule has 1 unspecified atom stereocenters. The molecule has 34 heavy (non-hydrogen) atoms. The maximum atomic E-state index is 13.1. The van der Waals surface area contributed by atoms with Crippen molar-refractivity contribution in [3.63, 3.8) is 0 Å². The van der Waals surface area contributed by atoms with Crippen LogP contribution in [-0.2, 0) is 16.4 Å². The highest BCUT2D eigenvalue weighted by Gasteiger charge is 2.32. The van der Waals surface area contributed by atoms with Crippen molar-refractivity contribution in [1.82, 2.24) is 14.5 Å². The van der Waals surface area contributed by atoms with Crippen LogP contribution in [0.2, 0.25) is 0 Å². The number of carbonyl (C=O) groups excluding carboxylic acids is 1. The fourth-order valence-electron chi connectivity index (χ4n) is 4.07. The molecule has 1 aromatic heterocycles. The lowest BCUT2D eigenvalue weighted by Crippen LogP contribution is -2.43. The first-order valence-electron chi connectivity index (χ1n) is 11.3. The smallest absolute Gasteiger partial charge is 0.322 e. The van der Waals surface area contributed by atoms with Gasteiger partial charge in [0.15, 0.2) is 0 Å². The summed E-state index contributed by atoms with van der Waals surface area (Å²) in [6.07, 6.45) is 6.06. The number of sulfonamides is 1. The summed E-state index contributed by atoms with van der Waals surface area (Å²) in [6, 6.07) is 14.0. The van der Waals surface area contributed by atoms with Gasteiger partial charge in [0.2, 0.25) is 15.9 Å². The Labute approximate surface area is 204 Å². The van der Waals surface area contributed by atoms with Crippen LogP contribution < -0.4 is 5.32 Å². The molecule has 0 saturated carbocycles. The Balaban J connectivity index is 1.40. The molecule has 0 spiro atoms. The summed E-state index contributed by atoms with van der Waals surface area (Å²) in [5.74, 6) is -0.0615. The third kappa shape index (κ3) is 5.51. The number of carbonyl (C=O) groups is 1. The molecule has 180 valence electrons. The van der Waals surface area contributed by atoms with Crippen LogP contribution in [0, 0.1) is 0 Å². The first-order chi connectivity index (χ1) is 16.4. The predicted molar refractivity (Wildman–Crippen MR) is 132 cm³/mol. The lowest BCUT2D eigenvalue weighted by molar-refractivity contribution is 0.102. The molecule has 2 aromatic carbocycles. The van der Waals surface area contributed by atoms with Crippen molar-refractivity contribution < 1.29 is 17.6 Å². The van der Waals surface area contributed by atoms with Crippen LogP contribution in [-0.4, -0.2) is 47.7 Å². The number of anilines is 1. The molecule has 0 aliphatic carbocycles. The molecule has 1 aliphatic rings. The average molecular weight is 501 g/mol. The molecule has 1 atom stereocenters. The highest BCUT2D eigenvalue weighted by atomic mass is 32.2. The zero-order valence-electron chi connectivity index (χ0n) is 19.2. The van der Waals surface area contributed by atoms with E-state index in [4.69, 9.17) is 4.42 Å². The first-order valence-corrected chi connectivity index (χ1v) is 14.0. The average Bonchev–Trinajstić information content (AvgIpc) is 3.31. The van der Waals surface area contributed by atoms with E-state index in [1.54, 1.807) is 16.1 Å². The number of aromatic nitrogens is 2. The van der Waals surface area contributed by atoms with Gasteiger partial charge in [0.05, 0.1) is 11.3 Å². The van der Waals surface area contributed by atoms with Crippen LogP contribution in [0.25, 0.3) is 0 Å². The summed E-state index contributed by atoms with van der Waals surface area (Å²) >= 11 is 1.67. The zero-order valence-corrected chi connectivity index (χ0v) is 20.9. The van der Waals surface area contributed by atoms with Gasteiger partial charge in [-0.05, 0) is 67.5 Å². The monoisotopic (exact) mass is 500 g/mol. The number of piperidine rings is 1. The Morgan fingerprint density at radius 1 is 1.12 bits per heavy atom. The van der Waals surface area contributed by atoms with Crippen molar-refractivity contribution >= 4 is 33.7 Å². The molecule has 3 aromatic rings. The van der Waals surface area contributed by atoms with Gasteiger partial charge in [-0.1, -0.05) is 30.6 Å². The third-order valence-corrected chi connectivity index (χ3v) is 8.68. The van der Waals surface area contributed by atoms with Crippen LogP contribution in [0.1, 0.15) is 54.4 Å². The molecule has 2 heterocycles. The third-order valence-electron chi connectivity index (χ3n) is 5.97. The number of thioether (sulfide) groups is 1. The van der Waals surface area contributed by atoms with Gasteiger partial charge in [0.1, 0.15) is 0 Å². The molecule has 1 aliphatic heterocycles. The Morgan fingerprint density at radius 2 is 1.85 bits per heavy atom. The van der Waals surface area contributed by atoms with Crippen molar-refractivity contribution in [2.45, 2.75) is 54.9 Å². The van der Waals surface area contributed by atoms with Crippen LogP contribution in [0.5, 0.6) is 0 Å². The van der Waals surface area contributed by atoms with Gasteiger partial charge < -0.3 is 4.42 Å². The quantitative estimate of drug-likeness (QED) is 0.451. The van der Waals surface area contributed by atoms with E-state index in [1.807, 2.05) is 37.4 Å². The van der Waals surface area contributed by atoms with E-state index in [0.717, 1.165) is 31.2 Å². The molecule has 0 bridgehead atoms. The Morgan fingerprint density at radius 3 is 2.53 bits per heavy atom. The minimum Gasteiger partial charge on any atom is -0.407 e. The Bertz CT molecular complexity index is 1220. The SMILES string of the molecule is CCC1CCCCN1S(=O)(=O)c1ccc(C(=O)Nc2nnc(Cc3ccc(SC)cc3)o2)cc1. The molecule has 1 fully saturated rings. The molecular formula is C24H28N4O4S2. The highest BCUT2D eigenvalue weighted by molar-refractivity contribution is 7.98. The Kier molecular flexibility index (Phi) is 7.70. The molecule has 1 amide bonds. The molecule has 8 nitrogen and oxygen atoms in total. The molecule has 10 heteroatoms. The second kappa shape index (κ2) is 10.7. The molecule has 0 radical (unpaired) electrons. The van der Waals surface area contributed by atoms with E-state index in [-0.39, 0.29) is 17.0 Å². The van der Waals surface area contributed by atoms with E-state index >= 15 is 0 Å². The first kappa shape index (κ1) is 24.4. The van der Waals surface area contributed by atoms with Crippen molar-refractivity contribution in [3.8, 4) is 0 Å². The second-order valence-corrected chi connectivity index (χ2v) is 10.9. The van der Waals surface area contributed by atoms with E-state index in [0.29, 0.717) is 24.4 Å². The van der Waals surface area contributed by atoms with Crippen LogP contribution >= 0.6 is 11.8 Å². The summed E-state index contributed by atoms with van der Waals surface area (Å²) < 4.78 is 33.4. The van der Waals surface area contributed by atoms with Gasteiger partial charge in [-0.3, -0.25) is 10.1 Å². The van der Waals surface area contributed by atoms with Gasteiger partial charge in [-0.15, -0.1) is 16.9 Å². The van der Waals surface area contributed by atoms with E-state index in [2.05, 4.69) is 15.5 Å². The lowest BCUT2D eigenvalue weighted by Gasteiger charge is -2.34. The number of nitrogens with one attached hydrogen (secondary N) is 1. The van der Waals surface area contributed by atoms with Gasteiger partial charge in [0, 0.05) is 23.0 Å². The lowest BCUT2D eigenvalue weighted by atomic mass is 10.0. The van der Waals surface area contributed by atoms with E-state index in [1.165, 1.54) is 29.2 Å². The predicted octanol–water partition coefficient (Wildman–Crippen LogP) is 4.59. The summed E-state index contributed by atoms with van der Waals surface area (Å²) in [7, 11) is -3.60. The van der Waals surface area contributed by atoms with Gasteiger partial charge >= 0.3 is 6.01 Å². The van der Waals surface area contributed by atoms with Gasteiger partial charge in [0.25, 0.3) is 5.91 Å². The number of rotatable bonds is 8. The van der Waals surface area contributed by atoms with Crippen molar-refractivity contribution in [1.29, 1.82) is 0 Å². The number of hydrogen-bond donors (Lipinski definition) is 1. The standard InChI is InChI=1S/C24H28N4O4S2/c1-3-19-6-4-5-15-28(19)34(30,31)21-13-9-18(10-14-21)23(29)25-24-27-26-22(32-24)16-17-7-11-20(33-2)12-8-17/h7-14,19H,3-6,15-16H2,1-2H3,(H,25,27,29). The molecule has 1 N–H and O–H groups in total. The van der Waals surface area contributed by atoms with Crippen LogP contribution in [0.3, 0.4) is 0 Å². The number of nitrogens with zero attached hydrogens (tertiary/aromatic N) is 3. The van der Waals surface area contributed by atoms with Crippen LogP contribution in [0.4, 0.5) is 6.01 Å². The summed E-state index contributed by atoms with van der Waals surface area (Å²) in [5, 5.41) is 10.5. The van der Waals surface area contributed by atoms with Crippen molar-refractivity contribution in [3.05, 3.63) is 65.5 Å². The summed E-state index contributed by atoms with van der Waals surface area (Å²) in [5.41, 5.74) is 1.33. The molecular weight excluding hydrogens is 472 g/mol. The molecule has 4 rings (SSSR count). The van der Waals surface area contributed by atoms with Crippen molar-refractivity contribution in [2.24, 2.45) is 0 Å². The van der Waals surface area contributed by atoms with Gasteiger partial charge in [-0.25, -0.2) is 8.42 Å². The fourth-order valence-corrected chi connectivity index (χ4v) is 6.25. The van der Waals surface area contributed by atoms with Gasteiger partial charge in [-0.2, -0.15) is 4.31 Å².